The highest BCUT2D eigenvalue weighted by molar-refractivity contribution is 5.82. The first-order valence-electron chi connectivity index (χ1n) is 11.5. The Labute approximate surface area is 185 Å². The van der Waals surface area contributed by atoms with Crippen molar-refractivity contribution in [2.75, 3.05) is 13.1 Å². The highest BCUT2D eigenvalue weighted by atomic mass is 16.4. The maximum Gasteiger partial charge on any atom is 0.521 e. The molecule has 172 valence electrons. The Morgan fingerprint density at radius 3 is 2.55 bits per heavy atom. The van der Waals surface area contributed by atoms with Crippen molar-refractivity contribution >= 4 is 18.4 Å². The zero-order valence-electron chi connectivity index (χ0n) is 18.5. The average molecular weight is 434 g/mol. The van der Waals surface area contributed by atoms with E-state index >= 15 is 0 Å². The van der Waals surface area contributed by atoms with E-state index in [1.54, 1.807) is 0 Å². The van der Waals surface area contributed by atoms with Crippen LogP contribution >= 0.6 is 0 Å². The summed E-state index contributed by atoms with van der Waals surface area (Å²) in [5.41, 5.74) is 1.21. The summed E-state index contributed by atoms with van der Waals surface area (Å²) in [5, 5.41) is 23.2. The van der Waals surface area contributed by atoms with Gasteiger partial charge in [0.25, 0.3) is 0 Å². The van der Waals surface area contributed by atoms with Crippen LogP contribution in [0.5, 0.6) is 0 Å². The minimum absolute atomic E-state index is 0.251. The van der Waals surface area contributed by atoms with E-state index in [0.29, 0.717) is 45.2 Å². The lowest BCUT2D eigenvalue weighted by molar-refractivity contribution is -0.794. The summed E-state index contributed by atoms with van der Waals surface area (Å²) in [7, 11) is 0. The van der Waals surface area contributed by atoms with E-state index in [1.165, 1.54) is 5.56 Å². The standard InChI is InChI=1S/C24H36N2O5/c1-19-9-8-16-26(19,24(30)31)23(29)21(13-5-6-15-25-18-27)17-22(28)14-7-12-20-10-3-2-4-11-20/h2-4,10-11,18-19,21-22,28H,5-9,12-17H2,1H3,(H-,25,27,30,31)/p+1/t19-,21?,22?,26?/m1/s1. The number of imide groups is 1. The molecule has 1 aromatic rings. The van der Waals surface area contributed by atoms with E-state index in [0.717, 1.165) is 25.7 Å². The predicted octanol–water partition coefficient (Wildman–Crippen LogP) is 3.50. The number of nitrogens with zero attached hydrogens (tertiary/aromatic N) is 1. The van der Waals surface area contributed by atoms with Crippen molar-refractivity contribution in [1.29, 1.82) is 0 Å². The summed E-state index contributed by atoms with van der Waals surface area (Å²) in [6.45, 7) is 2.68. The number of likely N-dealkylation sites (tertiary alicyclic amines) is 1. The van der Waals surface area contributed by atoms with Crippen LogP contribution in [-0.2, 0) is 16.0 Å². The third-order valence-electron chi connectivity index (χ3n) is 6.58. The molecule has 1 aromatic carbocycles. The molecule has 2 rings (SSSR count). The van der Waals surface area contributed by atoms with Crippen LogP contribution in [-0.4, -0.2) is 58.3 Å². The summed E-state index contributed by atoms with van der Waals surface area (Å²) < 4.78 is -0.520. The van der Waals surface area contributed by atoms with Crippen LogP contribution < -0.4 is 5.32 Å². The number of hydrogen-bond donors (Lipinski definition) is 3. The molecule has 1 saturated heterocycles. The van der Waals surface area contributed by atoms with Gasteiger partial charge in [-0.25, -0.2) is 4.79 Å². The van der Waals surface area contributed by atoms with Gasteiger partial charge in [-0.2, -0.15) is 9.28 Å². The van der Waals surface area contributed by atoms with Gasteiger partial charge in [-0.3, -0.25) is 4.79 Å². The third-order valence-corrected chi connectivity index (χ3v) is 6.58. The molecular formula is C24H37N2O5+. The monoisotopic (exact) mass is 433 g/mol. The van der Waals surface area contributed by atoms with Crippen molar-refractivity contribution in [3.63, 3.8) is 0 Å². The molecule has 4 atom stereocenters. The van der Waals surface area contributed by atoms with E-state index < -0.39 is 22.6 Å². The Kier molecular flexibility index (Phi) is 10.1. The number of hydrogen-bond acceptors (Lipinski definition) is 4. The lowest BCUT2D eigenvalue weighted by atomic mass is 9.90. The second-order valence-corrected chi connectivity index (χ2v) is 8.74. The first-order valence-corrected chi connectivity index (χ1v) is 11.5. The van der Waals surface area contributed by atoms with Gasteiger partial charge >= 0.3 is 12.0 Å². The Morgan fingerprint density at radius 2 is 1.94 bits per heavy atom. The Hall–Kier alpha value is -2.25. The number of nitrogens with one attached hydrogen (secondary N) is 1. The number of aliphatic hydroxyl groups is 1. The average Bonchev–Trinajstić information content (AvgIpc) is 3.15. The van der Waals surface area contributed by atoms with Gasteiger partial charge in [-0.05, 0) is 51.0 Å². The first kappa shape index (κ1) is 25.0. The summed E-state index contributed by atoms with van der Waals surface area (Å²) >= 11 is 0. The molecular weight excluding hydrogens is 396 g/mol. The molecule has 0 saturated carbocycles. The van der Waals surface area contributed by atoms with Gasteiger partial charge in [0, 0.05) is 19.4 Å². The number of unbranched alkanes of at least 4 members (excludes halogenated alkanes) is 1. The molecule has 0 spiro atoms. The number of carbonyl (C=O) groups excluding carboxylic acids is 2. The van der Waals surface area contributed by atoms with E-state index in [-0.39, 0.29) is 18.4 Å². The Bertz CT molecular complexity index is 711. The predicted molar refractivity (Wildman–Crippen MR) is 118 cm³/mol. The minimum atomic E-state index is -1.08. The second-order valence-electron chi connectivity index (χ2n) is 8.74. The zero-order valence-corrected chi connectivity index (χ0v) is 18.5. The lowest BCUT2D eigenvalue weighted by Gasteiger charge is -2.33. The van der Waals surface area contributed by atoms with Gasteiger partial charge < -0.3 is 15.5 Å². The van der Waals surface area contributed by atoms with Crippen LogP contribution in [0.3, 0.4) is 0 Å². The maximum absolute atomic E-state index is 13.5. The Balaban J connectivity index is 2.00. The number of quaternary nitrogens is 1. The van der Waals surface area contributed by atoms with Crippen molar-refractivity contribution in [2.45, 2.75) is 76.9 Å². The first-order chi connectivity index (χ1) is 14.9. The number of aliphatic hydroxyl groups excluding tert-OH is 1. The molecule has 0 aliphatic carbocycles. The molecule has 3 N–H and O–H groups in total. The van der Waals surface area contributed by atoms with Crippen LogP contribution in [0.25, 0.3) is 0 Å². The summed E-state index contributed by atoms with van der Waals surface area (Å²) in [6.07, 6.45) is 4.83. The molecule has 7 nitrogen and oxygen atoms in total. The lowest BCUT2D eigenvalue weighted by Crippen LogP contribution is -2.60. The summed E-state index contributed by atoms with van der Waals surface area (Å²) in [4.78, 5) is 36.0. The smallest absolute Gasteiger partial charge is 0.435 e. The molecule has 0 bridgehead atoms. The van der Waals surface area contributed by atoms with Crippen LogP contribution in [0.15, 0.2) is 30.3 Å². The van der Waals surface area contributed by atoms with E-state index in [1.807, 2.05) is 25.1 Å². The molecule has 0 aromatic heterocycles. The summed E-state index contributed by atoms with van der Waals surface area (Å²) in [5.74, 6) is -0.775. The van der Waals surface area contributed by atoms with Gasteiger partial charge in [-0.1, -0.05) is 36.8 Å². The van der Waals surface area contributed by atoms with Crippen LogP contribution in [0, 0.1) is 5.92 Å². The molecule has 1 aliphatic heterocycles. The fourth-order valence-corrected chi connectivity index (χ4v) is 4.76. The maximum atomic E-state index is 13.5. The van der Waals surface area contributed by atoms with Gasteiger partial charge in [0.15, 0.2) is 0 Å². The topological polar surface area (TPSA) is 104 Å². The molecule has 1 aliphatic rings. The van der Waals surface area contributed by atoms with Gasteiger partial charge in [0.05, 0.1) is 18.6 Å². The largest absolute Gasteiger partial charge is 0.521 e. The SMILES string of the molecule is C[C@@H]1CCC[N+]1(C(=O)O)C(=O)C(CCCCNC=O)CC(O)CCCc1ccccc1. The van der Waals surface area contributed by atoms with Gasteiger partial charge in [-0.15, -0.1) is 0 Å². The number of carboxylic acid groups (broad SMARTS) is 1. The number of benzene rings is 1. The fraction of sp³-hybridized carbons (Fsp3) is 0.625. The summed E-state index contributed by atoms with van der Waals surface area (Å²) in [6, 6.07) is 9.82. The van der Waals surface area contributed by atoms with E-state index in [2.05, 4.69) is 17.4 Å². The quantitative estimate of drug-likeness (QED) is 0.251. The van der Waals surface area contributed by atoms with E-state index in [9.17, 15) is 24.6 Å². The molecule has 3 amide bonds. The Morgan fingerprint density at radius 1 is 1.19 bits per heavy atom. The number of rotatable bonds is 13. The number of carbonyl (C=O) groups is 3. The van der Waals surface area contributed by atoms with E-state index in [4.69, 9.17) is 0 Å². The molecule has 31 heavy (non-hydrogen) atoms. The highest BCUT2D eigenvalue weighted by Crippen LogP contribution is 2.33. The number of aryl methyl sites for hydroxylation is 1. The van der Waals surface area contributed by atoms with Crippen molar-refractivity contribution in [2.24, 2.45) is 5.92 Å². The molecule has 3 unspecified atom stereocenters. The second kappa shape index (κ2) is 12.6. The fourth-order valence-electron chi connectivity index (χ4n) is 4.76. The van der Waals surface area contributed by atoms with Crippen molar-refractivity contribution in [3.05, 3.63) is 35.9 Å². The minimum Gasteiger partial charge on any atom is -0.435 e. The van der Waals surface area contributed by atoms with Crippen LogP contribution in [0.2, 0.25) is 0 Å². The molecule has 7 heteroatoms. The van der Waals surface area contributed by atoms with Gasteiger partial charge in [0.1, 0.15) is 6.04 Å². The highest BCUT2D eigenvalue weighted by Gasteiger charge is 2.54. The molecule has 1 heterocycles. The molecule has 0 radical (unpaired) electrons. The number of amides is 3. The van der Waals surface area contributed by atoms with Crippen LogP contribution in [0.1, 0.15) is 63.9 Å². The zero-order chi connectivity index (χ0) is 22.7. The normalized spacial score (nSPS) is 22.6. The molecule has 1 fully saturated rings. The van der Waals surface area contributed by atoms with Crippen molar-refractivity contribution < 1.29 is 29.1 Å². The van der Waals surface area contributed by atoms with Gasteiger partial charge in [0.2, 0.25) is 6.41 Å². The van der Waals surface area contributed by atoms with Crippen molar-refractivity contribution in [3.8, 4) is 0 Å². The van der Waals surface area contributed by atoms with Crippen molar-refractivity contribution in [1.82, 2.24) is 5.32 Å². The van der Waals surface area contributed by atoms with Crippen LogP contribution in [0.4, 0.5) is 4.79 Å². The third kappa shape index (κ3) is 6.87.